The maximum absolute atomic E-state index is 13.5. The first kappa shape index (κ1) is 21.4. The number of anilines is 1. The monoisotopic (exact) mass is 440 g/mol. The molecule has 32 heavy (non-hydrogen) atoms. The molecule has 1 amide bonds. The predicted molar refractivity (Wildman–Crippen MR) is 114 cm³/mol. The van der Waals surface area contributed by atoms with Crippen LogP contribution in [0.15, 0.2) is 54.7 Å². The number of fused-ring (bicyclic) bond motifs is 1. The van der Waals surface area contributed by atoms with Crippen LogP contribution in [0.5, 0.6) is 5.75 Å². The highest BCUT2D eigenvalue weighted by molar-refractivity contribution is 6.13. The molecule has 2 heterocycles. The summed E-state index contributed by atoms with van der Waals surface area (Å²) in [5.41, 5.74) is 3.01. The van der Waals surface area contributed by atoms with Gasteiger partial charge in [0.2, 0.25) is 0 Å². The first-order valence-electron chi connectivity index (χ1n) is 9.85. The number of benzene rings is 2. The average Bonchev–Trinajstić information content (AvgIpc) is 3.14. The summed E-state index contributed by atoms with van der Waals surface area (Å²) in [6, 6.07) is 11.7. The molecule has 2 aromatic heterocycles. The van der Waals surface area contributed by atoms with Crippen LogP contribution in [0.2, 0.25) is 0 Å². The number of aromatic nitrogens is 3. The van der Waals surface area contributed by atoms with E-state index in [0.29, 0.717) is 23.1 Å². The summed E-state index contributed by atoms with van der Waals surface area (Å²) in [7, 11) is 0. The fraction of sp³-hybridized carbons (Fsp3) is 0.174. The van der Waals surface area contributed by atoms with Crippen molar-refractivity contribution in [1.29, 1.82) is 0 Å². The molecule has 0 saturated heterocycles. The number of alkyl halides is 2. The smallest absolute Gasteiger partial charge is 0.387 e. The highest BCUT2D eigenvalue weighted by atomic mass is 19.3. The Kier molecular flexibility index (Phi) is 5.81. The van der Waals surface area contributed by atoms with Gasteiger partial charge in [-0.05, 0) is 38.1 Å². The van der Waals surface area contributed by atoms with E-state index in [9.17, 15) is 18.0 Å². The first-order chi connectivity index (χ1) is 15.4. The summed E-state index contributed by atoms with van der Waals surface area (Å²) in [6.45, 7) is 1.40. The second kappa shape index (κ2) is 8.70. The molecule has 0 aliphatic heterocycles. The van der Waals surface area contributed by atoms with Gasteiger partial charge in [-0.3, -0.25) is 9.48 Å². The molecule has 6 nitrogen and oxygen atoms in total. The van der Waals surface area contributed by atoms with Gasteiger partial charge in [0.25, 0.3) is 5.91 Å². The topological polar surface area (TPSA) is 69.0 Å². The van der Waals surface area contributed by atoms with Crippen molar-refractivity contribution in [3.05, 3.63) is 71.8 Å². The maximum Gasteiger partial charge on any atom is 0.387 e. The Morgan fingerprint density at radius 1 is 1.19 bits per heavy atom. The van der Waals surface area contributed by atoms with Crippen molar-refractivity contribution >= 4 is 22.5 Å². The molecular formula is C23H19F3N4O2. The second-order valence-electron chi connectivity index (χ2n) is 7.00. The van der Waals surface area contributed by atoms with Crippen LogP contribution in [0.4, 0.5) is 18.9 Å². The lowest BCUT2D eigenvalue weighted by atomic mass is 10.0. The molecule has 0 aliphatic carbocycles. The SMILES string of the molecule is CCn1ncc(-c2cc(C(=O)Nc3ccc(F)cc3OC(F)F)c3ccccc3n2)c1C. The third-order valence-corrected chi connectivity index (χ3v) is 5.05. The van der Waals surface area contributed by atoms with Gasteiger partial charge in [0.15, 0.2) is 5.75 Å². The molecule has 0 unspecified atom stereocenters. The molecule has 0 aliphatic rings. The van der Waals surface area contributed by atoms with E-state index in [1.807, 2.05) is 18.5 Å². The molecule has 0 bridgehead atoms. The highest BCUT2D eigenvalue weighted by Gasteiger charge is 2.19. The van der Waals surface area contributed by atoms with E-state index in [1.54, 1.807) is 36.5 Å². The number of ether oxygens (including phenoxy) is 1. The van der Waals surface area contributed by atoms with Gasteiger partial charge in [0, 0.05) is 29.3 Å². The van der Waals surface area contributed by atoms with Gasteiger partial charge in [-0.15, -0.1) is 0 Å². The third kappa shape index (κ3) is 4.14. The molecule has 164 valence electrons. The lowest BCUT2D eigenvalue weighted by Crippen LogP contribution is -2.15. The van der Waals surface area contributed by atoms with Crippen molar-refractivity contribution < 1.29 is 22.7 Å². The molecule has 4 aromatic rings. The number of pyridine rings is 1. The van der Waals surface area contributed by atoms with Crippen molar-refractivity contribution in [2.45, 2.75) is 27.0 Å². The predicted octanol–water partition coefficient (Wildman–Crippen LogP) is 5.42. The lowest BCUT2D eigenvalue weighted by molar-refractivity contribution is -0.0495. The summed E-state index contributed by atoms with van der Waals surface area (Å²) in [5, 5.41) is 7.46. The van der Waals surface area contributed by atoms with E-state index in [-0.39, 0.29) is 11.3 Å². The first-order valence-corrected chi connectivity index (χ1v) is 9.85. The number of rotatable bonds is 6. The van der Waals surface area contributed by atoms with Crippen LogP contribution in [-0.2, 0) is 6.54 Å². The van der Waals surface area contributed by atoms with E-state index in [4.69, 9.17) is 0 Å². The van der Waals surface area contributed by atoms with Crippen molar-refractivity contribution in [3.63, 3.8) is 0 Å². The Bertz CT molecular complexity index is 1300. The zero-order valence-corrected chi connectivity index (χ0v) is 17.3. The van der Waals surface area contributed by atoms with E-state index in [0.717, 1.165) is 23.4 Å². The van der Waals surface area contributed by atoms with Crippen LogP contribution in [0.3, 0.4) is 0 Å². The van der Waals surface area contributed by atoms with E-state index in [1.165, 1.54) is 6.07 Å². The largest absolute Gasteiger partial charge is 0.432 e. The van der Waals surface area contributed by atoms with Crippen LogP contribution in [0.1, 0.15) is 23.0 Å². The standard InChI is InChI=1S/C23H19F3N4O2/c1-3-30-13(2)17(12-27-30)20-11-16(15-6-4-5-7-18(15)28-20)22(31)29-19-9-8-14(24)10-21(19)32-23(25)26/h4-12,23H,3H2,1-2H3,(H,29,31). The van der Waals surface area contributed by atoms with Crippen molar-refractivity contribution in [3.8, 4) is 17.0 Å². The molecule has 9 heteroatoms. The number of para-hydroxylation sites is 1. The Balaban J connectivity index is 1.79. The number of amides is 1. The van der Waals surface area contributed by atoms with Gasteiger partial charge in [0.05, 0.1) is 28.7 Å². The third-order valence-electron chi connectivity index (χ3n) is 5.05. The fourth-order valence-corrected chi connectivity index (χ4v) is 3.50. The normalized spacial score (nSPS) is 11.2. The number of aryl methyl sites for hydroxylation is 1. The number of carbonyl (C=O) groups is 1. The minimum absolute atomic E-state index is 0.0749. The van der Waals surface area contributed by atoms with E-state index in [2.05, 4.69) is 20.1 Å². The number of nitrogens with zero attached hydrogens (tertiary/aromatic N) is 3. The molecule has 1 N–H and O–H groups in total. The quantitative estimate of drug-likeness (QED) is 0.435. The molecular weight excluding hydrogens is 421 g/mol. The summed E-state index contributed by atoms with van der Waals surface area (Å²) >= 11 is 0. The van der Waals surface area contributed by atoms with Gasteiger partial charge in [-0.25, -0.2) is 9.37 Å². The zero-order chi connectivity index (χ0) is 22.8. The molecule has 0 fully saturated rings. The Labute approximate surface area is 181 Å². The Hall–Kier alpha value is -3.88. The van der Waals surface area contributed by atoms with Gasteiger partial charge in [-0.2, -0.15) is 13.9 Å². The minimum atomic E-state index is -3.17. The molecule has 4 rings (SSSR count). The number of halogens is 3. The molecule has 0 radical (unpaired) electrons. The van der Waals surface area contributed by atoms with Gasteiger partial charge >= 0.3 is 6.61 Å². The summed E-state index contributed by atoms with van der Waals surface area (Å²) in [4.78, 5) is 17.9. The zero-order valence-electron chi connectivity index (χ0n) is 17.3. The van der Waals surface area contributed by atoms with Gasteiger partial charge in [0.1, 0.15) is 5.82 Å². The summed E-state index contributed by atoms with van der Waals surface area (Å²) in [5.74, 6) is -1.80. The fourth-order valence-electron chi connectivity index (χ4n) is 3.50. The van der Waals surface area contributed by atoms with Crippen LogP contribution in [0.25, 0.3) is 22.2 Å². The van der Waals surface area contributed by atoms with E-state index < -0.39 is 24.1 Å². The molecule has 0 atom stereocenters. The average molecular weight is 440 g/mol. The van der Waals surface area contributed by atoms with Crippen LogP contribution in [0, 0.1) is 12.7 Å². The minimum Gasteiger partial charge on any atom is -0.432 e. The lowest BCUT2D eigenvalue weighted by Gasteiger charge is -2.14. The van der Waals surface area contributed by atoms with Crippen LogP contribution in [-0.4, -0.2) is 27.3 Å². The van der Waals surface area contributed by atoms with Gasteiger partial charge in [-0.1, -0.05) is 18.2 Å². The maximum atomic E-state index is 13.5. The second-order valence-corrected chi connectivity index (χ2v) is 7.00. The molecule has 0 spiro atoms. The van der Waals surface area contributed by atoms with Crippen LogP contribution >= 0.6 is 0 Å². The van der Waals surface area contributed by atoms with Crippen molar-refractivity contribution in [1.82, 2.24) is 14.8 Å². The summed E-state index contributed by atoms with van der Waals surface area (Å²) < 4.78 is 45.2. The van der Waals surface area contributed by atoms with Crippen molar-refractivity contribution in [2.75, 3.05) is 5.32 Å². The molecule has 2 aromatic carbocycles. The number of hydrogen-bond donors (Lipinski definition) is 1. The van der Waals surface area contributed by atoms with E-state index >= 15 is 0 Å². The Morgan fingerprint density at radius 3 is 2.69 bits per heavy atom. The Morgan fingerprint density at radius 2 is 1.97 bits per heavy atom. The van der Waals surface area contributed by atoms with Crippen molar-refractivity contribution in [2.24, 2.45) is 0 Å². The molecule has 0 saturated carbocycles. The number of carbonyl (C=O) groups excluding carboxylic acids is 1. The van der Waals surface area contributed by atoms with Crippen LogP contribution < -0.4 is 10.1 Å². The highest BCUT2D eigenvalue weighted by Crippen LogP contribution is 2.30. The number of hydrogen-bond acceptors (Lipinski definition) is 4. The summed E-state index contributed by atoms with van der Waals surface area (Å²) in [6.07, 6.45) is 1.69. The van der Waals surface area contributed by atoms with Gasteiger partial charge < -0.3 is 10.1 Å². The number of nitrogens with one attached hydrogen (secondary N) is 1.